The van der Waals surface area contributed by atoms with Crippen LogP contribution in [0.3, 0.4) is 0 Å². The Morgan fingerprint density at radius 3 is 2.57 bits per heavy atom. The van der Waals surface area contributed by atoms with Crippen LogP contribution in [0.25, 0.3) is 20.9 Å². The first-order chi connectivity index (χ1) is 10.1. The van der Waals surface area contributed by atoms with Gasteiger partial charge in [0.15, 0.2) is 0 Å². The molecule has 0 saturated heterocycles. The second-order valence-corrected chi connectivity index (χ2v) is 6.91. The van der Waals surface area contributed by atoms with Gasteiger partial charge in [0.1, 0.15) is 10.9 Å². The van der Waals surface area contributed by atoms with Crippen LogP contribution in [0, 0.1) is 25.2 Å². The third-order valence-electron chi connectivity index (χ3n) is 3.58. The largest absolute Gasteiger partial charge is 0.396 e. The van der Waals surface area contributed by atoms with E-state index in [4.69, 9.17) is 5.73 Å². The van der Waals surface area contributed by atoms with Crippen molar-refractivity contribution < 1.29 is 0 Å². The Labute approximate surface area is 132 Å². The lowest BCUT2D eigenvalue weighted by Gasteiger charge is -2.06. The van der Waals surface area contributed by atoms with E-state index in [2.05, 4.69) is 44.2 Å². The zero-order chi connectivity index (χ0) is 15.0. The van der Waals surface area contributed by atoms with Crippen molar-refractivity contribution >= 4 is 28.4 Å². The quantitative estimate of drug-likeness (QED) is 0.706. The number of hydrogen-bond donors (Lipinski definition) is 1. The van der Waals surface area contributed by atoms with Crippen LogP contribution in [0.1, 0.15) is 16.0 Å². The number of nitrogens with zero attached hydrogens (tertiary/aromatic N) is 1. The summed E-state index contributed by atoms with van der Waals surface area (Å²) >= 11 is 3.12. The molecule has 3 rings (SSSR count). The van der Waals surface area contributed by atoms with E-state index in [-0.39, 0.29) is 0 Å². The summed E-state index contributed by atoms with van der Waals surface area (Å²) in [6.07, 6.45) is 0. The molecule has 0 amide bonds. The van der Waals surface area contributed by atoms with Gasteiger partial charge in [-0.05, 0) is 42.0 Å². The van der Waals surface area contributed by atoms with Crippen LogP contribution in [-0.2, 0) is 0 Å². The van der Waals surface area contributed by atoms with Gasteiger partial charge < -0.3 is 5.73 Å². The third kappa shape index (κ3) is 2.35. The molecule has 0 spiro atoms. The Kier molecular flexibility index (Phi) is 3.54. The lowest BCUT2D eigenvalue weighted by Crippen LogP contribution is -1.88. The van der Waals surface area contributed by atoms with Crippen LogP contribution in [0.2, 0.25) is 0 Å². The highest BCUT2D eigenvalue weighted by Crippen LogP contribution is 2.46. The number of aryl methyl sites for hydroxylation is 2. The second-order valence-electron chi connectivity index (χ2n) is 4.94. The molecular weight excluding hydrogens is 296 g/mol. The molecule has 3 aromatic rings. The van der Waals surface area contributed by atoms with Crippen molar-refractivity contribution in [2.24, 2.45) is 0 Å². The summed E-state index contributed by atoms with van der Waals surface area (Å²) in [5.74, 6) is 0. The third-order valence-corrected chi connectivity index (χ3v) is 5.63. The second kappa shape index (κ2) is 5.36. The number of nitrogen functional groups attached to an aromatic ring is 1. The summed E-state index contributed by atoms with van der Waals surface area (Å²) in [4.78, 5) is 2.78. The van der Waals surface area contributed by atoms with Crippen LogP contribution >= 0.6 is 22.7 Å². The fourth-order valence-electron chi connectivity index (χ4n) is 2.28. The van der Waals surface area contributed by atoms with Crippen LogP contribution in [0.15, 0.2) is 35.7 Å². The smallest absolute Gasteiger partial charge is 0.129 e. The molecule has 0 saturated carbocycles. The molecule has 0 aliphatic heterocycles. The molecular formula is C17H14N2S2. The maximum absolute atomic E-state index is 9.28. The number of nitrogens with two attached hydrogens (primary N) is 1. The summed E-state index contributed by atoms with van der Waals surface area (Å²) in [7, 11) is 0. The molecule has 4 heteroatoms. The Morgan fingerprint density at radius 2 is 1.95 bits per heavy atom. The topological polar surface area (TPSA) is 49.8 Å². The Bertz CT molecular complexity index is 837. The molecule has 2 N–H and O–H groups in total. The normalized spacial score (nSPS) is 10.5. The maximum Gasteiger partial charge on any atom is 0.129 e. The van der Waals surface area contributed by atoms with Crippen molar-refractivity contribution in [2.45, 2.75) is 13.8 Å². The molecule has 0 aliphatic carbocycles. The fourth-order valence-corrected chi connectivity index (χ4v) is 4.16. The predicted molar refractivity (Wildman–Crippen MR) is 91.7 cm³/mol. The summed E-state index contributed by atoms with van der Waals surface area (Å²) in [5, 5.41) is 11.3. The monoisotopic (exact) mass is 310 g/mol. The van der Waals surface area contributed by atoms with Gasteiger partial charge in [-0.2, -0.15) is 5.26 Å². The minimum atomic E-state index is 0.589. The molecule has 104 valence electrons. The fraction of sp³-hybridized carbons (Fsp3) is 0.118. The molecule has 0 atom stereocenters. The van der Waals surface area contributed by atoms with E-state index in [0.29, 0.717) is 10.6 Å². The Balaban J connectivity index is 2.27. The van der Waals surface area contributed by atoms with Crippen molar-refractivity contribution in [3.63, 3.8) is 0 Å². The highest BCUT2D eigenvalue weighted by atomic mass is 32.1. The van der Waals surface area contributed by atoms with E-state index >= 15 is 0 Å². The minimum Gasteiger partial charge on any atom is -0.396 e. The van der Waals surface area contributed by atoms with Gasteiger partial charge >= 0.3 is 0 Å². The molecule has 2 heterocycles. The van der Waals surface area contributed by atoms with Crippen molar-refractivity contribution in [1.29, 1.82) is 5.26 Å². The highest BCUT2D eigenvalue weighted by Gasteiger charge is 2.19. The summed E-state index contributed by atoms with van der Waals surface area (Å²) < 4.78 is 0. The Morgan fingerprint density at radius 1 is 1.14 bits per heavy atom. The van der Waals surface area contributed by atoms with Crippen molar-refractivity contribution in [2.75, 3.05) is 5.73 Å². The first kappa shape index (κ1) is 13.9. The van der Waals surface area contributed by atoms with Crippen molar-refractivity contribution in [3.8, 4) is 27.0 Å². The van der Waals surface area contributed by atoms with Gasteiger partial charge in [0.2, 0.25) is 0 Å². The average molecular weight is 310 g/mol. The van der Waals surface area contributed by atoms with Gasteiger partial charge in [0, 0.05) is 15.3 Å². The van der Waals surface area contributed by atoms with E-state index in [0.717, 1.165) is 20.9 Å². The van der Waals surface area contributed by atoms with E-state index in [1.807, 2.05) is 11.4 Å². The van der Waals surface area contributed by atoms with Gasteiger partial charge in [-0.15, -0.1) is 22.7 Å². The molecule has 0 radical (unpaired) electrons. The number of thiophene rings is 2. The molecule has 0 bridgehead atoms. The number of hydrogen-bond acceptors (Lipinski definition) is 4. The van der Waals surface area contributed by atoms with Crippen LogP contribution < -0.4 is 5.73 Å². The first-order valence-corrected chi connectivity index (χ1v) is 8.25. The average Bonchev–Trinajstić information content (AvgIpc) is 3.09. The van der Waals surface area contributed by atoms with Crippen LogP contribution in [0.4, 0.5) is 5.69 Å². The number of anilines is 1. The van der Waals surface area contributed by atoms with E-state index < -0.39 is 0 Å². The molecule has 0 unspecified atom stereocenters. The Hall–Kier alpha value is -2.09. The minimum absolute atomic E-state index is 0.589. The van der Waals surface area contributed by atoms with Crippen LogP contribution in [-0.4, -0.2) is 0 Å². The van der Waals surface area contributed by atoms with Gasteiger partial charge in [-0.1, -0.05) is 24.3 Å². The van der Waals surface area contributed by atoms with Gasteiger partial charge in [0.25, 0.3) is 0 Å². The van der Waals surface area contributed by atoms with E-state index in [9.17, 15) is 5.26 Å². The lowest BCUT2D eigenvalue weighted by molar-refractivity contribution is 1.34. The molecule has 0 fully saturated rings. The standard InChI is InChI=1S/C17H14N2S2/c1-10-5-6-12(8-11(10)2)17-15(13-4-3-7-20-13)16(19)14(9-18)21-17/h3-8H,19H2,1-2H3. The SMILES string of the molecule is Cc1ccc(-c2sc(C#N)c(N)c2-c2cccs2)cc1C. The van der Waals surface area contributed by atoms with E-state index in [1.54, 1.807) is 11.3 Å². The zero-order valence-corrected chi connectivity index (χ0v) is 13.4. The van der Waals surface area contributed by atoms with Crippen molar-refractivity contribution in [1.82, 2.24) is 0 Å². The van der Waals surface area contributed by atoms with Crippen LogP contribution in [0.5, 0.6) is 0 Å². The van der Waals surface area contributed by atoms with Gasteiger partial charge in [0.05, 0.1) is 5.69 Å². The molecule has 1 aromatic carbocycles. The number of rotatable bonds is 2. The summed E-state index contributed by atoms with van der Waals surface area (Å²) in [5.41, 5.74) is 11.4. The molecule has 21 heavy (non-hydrogen) atoms. The summed E-state index contributed by atoms with van der Waals surface area (Å²) in [6.45, 7) is 4.20. The maximum atomic E-state index is 9.28. The molecule has 0 aliphatic rings. The number of benzene rings is 1. The summed E-state index contributed by atoms with van der Waals surface area (Å²) in [6, 6.07) is 12.7. The van der Waals surface area contributed by atoms with Gasteiger partial charge in [-0.3, -0.25) is 0 Å². The van der Waals surface area contributed by atoms with Crippen molar-refractivity contribution in [3.05, 3.63) is 51.7 Å². The highest BCUT2D eigenvalue weighted by molar-refractivity contribution is 7.18. The van der Waals surface area contributed by atoms with E-state index in [1.165, 1.54) is 22.5 Å². The first-order valence-electron chi connectivity index (χ1n) is 6.55. The number of nitriles is 1. The molecule has 2 aromatic heterocycles. The molecule has 2 nitrogen and oxygen atoms in total. The predicted octanol–water partition coefficient (Wildman–Crippen LogP) is 5.21. The van der Waals surface area contributed by atoms with Gasteiger partial charge in [-0.25, -0.2) is 0 Å². The lowest BCUT2D eigenvalue weighted by atomic mass is 10.0. The zero-order valence-electron chi connectivity index (χ0n) is 11.8.